The Morgan fingerprint density at radius 1 is 1.10 bits per heavy atom. The van der Waals surface area contributed by atoms with E-state index >= 15 is 0 Å². The third-order valence-electron chi connectivity index (χ3n) is 9.69. The molecule has 1 saturated carbocycles. The molecule has 6 rings (SSSR count). The molecular weight excluding hydrogens is 532 g/mol. The Bertz CT molecular complexity index is 1440. The van der Waals surface area contributed by atoms with Crippen LogP contribution in [0.2, 0.25) is 0 Å². The first kappa shape index (κ1) is 28.5. The molecule has 2 heterocycles. The summed E-state index contributed by atoms with van der Waals surface area (Å²) in [6.45, 7) is 8.43. The minimum atomic E-state index is -0.827. The summed E-state index contributed by atoms with van der Waals surface area (Å²) in [7, 11) is 2.10. The fourth-order valence-corrected chi connectivity index (χ4v) is 8.31. The molecule has 1 amide bonds. The third kappa shape index (κ3) is 4.34. The predicted octanol–water partition coefficient (Wildman–Crippen LogP) is 4.53. The van der Waals surface area contributed by atoms with Crippen molar-refractivity contribution in [3.05, 3.63) is 65.2 Å². The van der Waals surface area contributed by atoms with E-state index in [1.165, 1.54) is 13.8 Å². The van der Waals surface area contributed by atoms with Crippen LogP contribution in [0, 0.1) is 5.92 Å². The highest BCUT2D eigenvalue weighted by atomic mass is 16.6. The van der Waals surface area contributed by atoms with E-state index in [2.05, 4.69) is 25.8 Å². The van der Waals surface area contributed by atoms with Gasteiger partial charge in [-0.1, -0.05) is 50.2 Å². The third-order valence-corrected chi connectivity index (χ3v) is 9.69. The number of benzene rings is 2. The van der Waals surface area contributed by atoms with Crippen molar-refractivity contribution in [1.82, 2.24) is 9.80 Å². The number of carbonyl (C=O) groups is 3. The van der Waals surface area contributed by atoms with Gasteiger partial charge in [0.1, 0.15) is 11.7 Å². The number of amides is 1. The molecule has 0 aromatic heterocycles. The molecule has 8 heteroatoms. The molecule has 4 aliphatic rings. The number of nitrogens with zero attached hydrogens (tertiary/aromatic N) is 2. The number of piperidine rings is 1. The minimum absolute atomic E-state index is 0.0348. The highest BCUT2D eigenvalue weighted by Gasteiger charge is 2.75. The number of likely N-dealkylation sites (tertiary alicyclic amines) is 1. The number of ether oxygens (including phenoxy) is 3. The Balaban J connectivity index is 1.50. The number of hydrogen-bond donors (Lipinski definition) is 0. The summed E-state index contributed by atoms with van der Waals surface area (Å²) in [5, 5.41) is 0. The summed E-state index contributed by atoms with van der Waals surface area (Å²) in [4.78, 5) is 43.2. The molecule has 222 valence electrons. The molecule has 2 aromatic rings. The second kappa shape index (κ2) is 10.6. The lowest BCUT2D eigenvalue weighted by Gasteiger charge is -2.65. The molecule has 2 aliphatic carbocycles. The van der Waals surface area contributed by atoms with Crippen LogP contribution in [0.1, 0.15) is 63.6 Å². The number of rotatable bonds is 7. The molecule has 2 aromatic carbocycles. The first-order chi connectivity index (χ1) is 20.1. The van der Waals surface area contributed by atoms with Crippen LogP contribution in [0.5, 0.6) is 11.5 Å². The molecule has 1 spiro atoms. The smallest absolute Gasteiger partial charge is 0.308 e. The average molecular weight is 573 g/mol. The molecule has 1 unspecified atom stereocenters. The van der Waals surface area contributed by atoms with Gasteiger partial charge in [-0.05, 0) is 68.5 Å². The SMILES string of the molecule is CC(=O)Oc1ccc2c3c1O[C@H]1[C@H](N(CC(C)C)C(=O)C=Cc4ccccc4)CCC4(OC(C)=O)[C@@H](C2)N(C)CC[C@]314. The number of hydrogen-bond acceptors (Lipinski definition) is 7. The zero-order valence-corrected chi connectivity index (χ0v) is 25.1. The van der Waals surface area contributed by atoms with Crippen LogP contribution in [0.25, 0.3) is 6.08 Å². The van der Waals surface area contributed by atoms with E-state index in [4.69, 9.17) is 14.2 Å². The van der Waals surface area contributed by atoms with Gasteiger partial charge in [0.05, 0.1) is 17.5 Å². The van der Waals surface area contributed by atoms with Gasteiger partial charge >= 0.3 is 11.9 Å². The molecular formula is C34H40N2O6. The Morgan fingerprint density at radius 2 is 1.86 bits per heavy atom. The summed E-state index contributed by atoms with van der Waals surface area (Å²) in [6.07, 6.45) is 5.65. The summed E-state index contributed by atoms with van der Waals surface area (Å²) in [6, 6.07) is 13.3. The Morgan fingerprint density at radius 3 is 2.55 bits per heavy atom. The van der Waals surface area contributed by atoms with Crippen LogP contribution in [0.15, 0.2) is 48.5 Å². The Labute approximate surface area is 247 Å². The van der Waals surface area contributed by atoms with Gasteiger partial charge in [0.2, 0.25) is 5.91 Å². The zero-order chi connectivity index (χ0) is 29.8. The van der Waals surface area contributed by atoms with Crippen LogP contribution in [-0.2, 0) is 31.0 Å². The lowest BCUT2D eigenvalue weighted by molar-refractivity contribution is -0.221. The van der Waals surface area contributed by atoms with Crippen LogP contribution in [-0.4, -0.2) is 71.6 Å². The van der Waals surface area contributed by atoms with Crippen molar-refractivity contribution < 1.29 is 28.6 Å². The van der Waals surface area contributed by atoms with Gasteiger partial charge in [-0.15, -0.1) is 0 Å². The molecule has 5 atom stereocenters. The summed E-state index contributed by atoms with van der Waals surface area (Å²) >= 11 is 0. The molecule has 1 saturated heterocycles. The van der Waals surface area contributed by atoms with Gasteiger partial charge in [0.15, 0.2) is 11.5 Å². The summed E-state index contributed by atoms with van der Waals surface area (Å²) in [5.41, 5.74) is 1.55. The average Bonchev–Trinajstić information content (AvgIpc) is 3.29. The number of likely N-dealkylation sites (N-methyl/N-ethyl adjacent to an activating group) is 1. The van der Waals surface area contributed by atoms with E-state index in [0.717, 1.165) is 23.2 Å². The predicted molar refractivity (Wildman–Crippen MR) is 158 cm³/mol. The fraction of sp³-hybridized carbons (Fsp3) is 0.500. The van der Waals surface area contributed by atoms with Crippen LogP contribution in [0.4, 0.5) is 0 Å². The highest BCUT2D eigenvalue weighted by Crippen LogP contribution is 2.67. The standard InChI is InChI=1S/C34H40N2O6/c1-21(2)20-36(29(39)14-11-24-9-7-6-8-10-24)26-15-16-34(42-23(4)38)28-19-25-12-13-27(40-22(3)37)31-30(25)33(34,32(26)41-31)17-18-35(28)5/h6-14,21,26,28,32H,15-20H2,1-5H3/t26-,28-,32+,33+,34?/m1/s1. The topological polar surface area (TPSA) is 85.4 Å². The van der Waals surface area contributed by atoms with Gasteiger partial charge in [0, 0.05) is 32.0 Å². The quantitative estimate of drug-likeness (QED) is 0.274. The van der Waals surface area contributed by atoms with Crippen LogP contribution >= 0.6 is 0 Å². The van der Waals surface area contributed by atoms with E-state index in [-0.39, 0.29) is 29.9 Å². The fourth-order valence-electron chi connectivity index (χ4n) is 8.31. The molecule has 0 radical (unpaired) electrons. The Hall–Kier alpha value is -3.65. The number of carbonyl (C=O) groups excluding carboxylic acids is 3. The first-order valence-electron chi connectivity index (χ1n) is 15.0. The minimum Gasteiger partial charge on any atom is -0.483 e. The lowest BCUT2D eigenvalue weighted by atomic mass is 9.48. The maximum Gasteiger partial charge on any atom is 0.308 e. The second-order valence-corrected chi connectivity index (χ2v) is 12.7. The van der Waals surface area contributed by atoms with Crippen molar-refractivity contribution in [2.45, 2.75) is 82.6 Å². The monoisotopic (exact) mass is 572 g/mol. The highest BCUT2D eigenvalue weighted by molar-refractivity contribution is 5.92. The molecule has 42 heavy (non-hydrogen) atoms. The van der Waals surface area contributed by atoms with Crippen molar-refractivity contribution in [3.63, 3.8) is 0 Å². The van der Waals surface area contributed by atoms with E-state index < -0.39 is 23.1 Å². The molecule has 2 aliphatic heterocycles. The van der Waals surface area contributed by atoms with Gasteiger partial charge in [0.25, 0.3) is 0 Å². The summed E-state index contributed by atoms with van der Waals surface area (Å²) < 4.78 is 19.1. The molecule has 0 N–H and O–H groups in total. The Kier molecular flexibility index (Phi) is 7.16. The van der Waals surface area contributed by atoms with E-state index in [1.807, 2.05) is 53.4 Å². The maximum absolute atomic E-state index is 14.0. The normalized spacial score (nSPS) is 29.1. The van der Waals surface area contributed by atoms with Crippen molar-refractivity contribution in [1.29, 1.82) is 0 Å². The van der Waals surface area contributed by atoms with Crippen molar-refractivity contribution in [2.24, 2.45) is 5.92 Å². The largest absolute Gasteiger partial charge is 0.483 e. The maximum atomic E-state index is 14.0. The van der Waals surface area contributed by atoms with Gasteiger partial charge in [-0.25, -0.2) is 0 Å². The van der Waals surface area contributed by atoms with Gasteiger partial charge in [-0.2, -0.15) is 0 Å². The van der Waals surface area contributed by atoms with Gasteiger partial charge in [-0.3, -0.25) is 19.3 Å². The van der Waals surface area contributed by atoms with Crippen LogP contribution < -0.4 is 9.47 Å². The van der Waals surface area contributed by atoms with Crippen molar-refractivity contribution in [3.8, 4) is 11.5 Å². The second-order valence-electron chi connectivity index (χ2n) is 12.7. The molecule has 8 nitrogen and oxygen atoms in total. The zero-order valence-electron chi connectivity index (χ0n) is 25.1. The lowest BCUT2D eigenvalue weighted by Crippen LogP contribution is -2.79. The van der Waals surface area contributed by atoms with E-state index in [0.29, 0.717) is 43.7 Å². The summed E-state index contributed by atoms with van der Waals surface area (Å²) in [5.74, 6) is 0.337. The van der Waals surface area contributed by atoms with Crippen molar-refractivity contribution in [2.75, 3.05) is 20.1 Å². The molecule has 2 bridgehead atoms. The first-order valence-corrected chi connectivity index (χ1v) is 15.0. The van der Waals surface area contributed by atoms with Crippen LogP contribution in [0.3, 0.4) is 0 Å². The van der Waals surface area contributed by atoms with Crippen molar-refractivity contribution >= 4 is 23.9 Å². The van der Waals surface area contributed by atoms with Gasteiger partial charge < -0.3 is 19.1 Å². The molecule has 2 fully saturated rings. The van der Waals surface area contributed by atoms with E-state index in [9.17, 15) is 14.4 Å². The van der Waals surface area contributed by atoms with E-state index in [1.54, 1.807) is 6.08 Å². The number of esters is 2.